The summed E-state index contributed by atoms with van der Waals surface area (Å²) >= 11 is 0. The molecule has 0 aliphatic rings. The molecule has 0 spiro atoms. The molecule has 0 amide bonds. The maximum atomic E-state index is 11.6. The van der Waals surface area contributed by atoms with E-state index >= 15 is 0 Å². The SMILES string of the molecule is CCCCOS(=O)(=O)CCCCF.[H-].[Na+]. The van der Waals surface area contributed by atoms with E-state index in [1.807, 2.05) is 6.92 Å². The molecule has 0 N–H and O–H groups in total. The molecule has 0 unspecified atom stereocenters. The Labute approximate surface area is 109 Å². The molecule has 0 heterocycles. The van der Waals surface area contributed by atoms with Crippen molar-refractivity contribution in [3.05, 3.63) is 0 Å². The standard InChI is InChI=1S/C8H17FO3S.Na.H/c1-2-3-7-12-13(10,11)8-5-4-6-9;;/h2-8H2,1H3;;/q;+1;-1. The van der Waals surface area contributed by atoms with E-state index in [9.17, 15) is 12.8 Å². The van der Waals surface area contributed by atoms with Gasteiger partial charge in [0.15, 0.2) is 0 Å². The van der Waals surface area contributed by atoms with Crippen LogP contribution < -0.4 is 29.6 Å². The van der Waals surface area contributed by atoms with Crippen molar-refractivity contribution in [1.82, 2.24) is 0 Å². The van der Waals surface area contributed by atoms with Crippen LogP contribution in [-0.2, 0) is 14.3 Å². The molecule has 0 aliphatic carbocycles. The van der Waals surface area contributed by atoms with Crippen LogP contribution in [0.4, 0.5) is 4.39 Å². The van der Waals surface area contributed by atoms with Crippen LogP contribution in [0.1, 0.15) is 34.0 Å². The van der Waals surface area contributed by atoms with Crippen molar-refractivity contribution in [2.24, 2.45) is 0 Å². The molecule has 0 saturated heterocycles. The van der Waals surface area contributed by atoms with Crippen LogP contribution in [0, 0.1) is 0 Å². The molecular formula is C8H18FNaO3S. The molecule has 0 aromatic heterocycles. The van der Waals surface area contributed by atoms with Gasteiger partial charge in [0.25, 0.3) is 10.1 Å². The first kappa shape index (κ1) is 17.2. The second kappa shape index (κ2) is 10.4. The molecule has 0 rings (SSSR count). The predicted octanol–water partition coefficient (Wildman–Crippen LogP) is -1.00. The number of hydrogen-bond acceptors (Lipinski definition) is 3. The Balaban J connectivity index is -0.000000720. The summed E-state index contributed by atoms with van der Waals surface area (Å²) < 4.78 is 38.4. The second-order valence-corrected chi connectivity index (χ2v) is 4.59. The second-order valence-electron chi connectivity index (χ2n) is 2.83. The zero-order valence-corrected chi connectivity index (χ0v) is 11.8. The van der Waals surface area contributed by atoms with Crippen molar-refractivity contribution in [2.45, 2.75) is 32.6 Å². The third kappa shape index (κ3) is 10.9. The third-order valence-electron chi connectivity index (χ3n) is 1.54. The van der Waals surface area contributed by atoms with Crippen molar-refractivity contribution in [3.63, 3.8) is 0 Å². The van der Waals surface area contributed by atoms with E-state index in [0.29, 0.717) is 6.42 Å². The van der Waals surface area contributed by atoms with E-state index in [1.165, 1.54) is 0 Å². The molecule has 0 saturated carbocycles. The van der Waals surface area contributed by atoms with Gasteiger partial charge in [-0.1, -0.05) is 13.3 Å². The fourth-order valence-corrected chi connectivity index (χ4v) is 1.81. The zero-order valence-electron chi connectivity index (χ0n) is 9.96. The molecule has 0 aromatic carbocycles. The normalized spacial score (nSPS) is 11.0. The van der Waals surface area contributed by atoms with Crippen molar-refractivity contribution < 1.29 is 48.0 Å². The topological polar surface area (TPSA) is 43.4 Å². The van der Waals surface area contributed by atoms with Crippen LogP contribution in [0.3, 0.4) is 0 Å². The minimum absolute atomic E-state index is 0. The first-order valence-corrected chi connectivity index (χ1v) is 6.13. The molecule has 0 radical (unpaired) electrons. The first-order chi connectivity index (χ1) is 6.12. The van der Waals surface area contributed by atoms with Crippen LogP contribution in [0.15, 0.2) is 0 Å². The van der Waals surface area contributed by atoms with Gasteiger partial charge in [-0.2, -0.15) is 8.42 Å². The summed E-state index contributed by atoms with van der Waals surface area (Å²) in [5, 5.41) is 0. The number of rotatable bonds is 8. The Kier molecular flexibility index (Phi) is 12.8. The Bertz CT molecular complexity index is 196. The van der Waals surface area contributed by atoms with Crippen LogP contribution in [0.25, 0.3) is 0 Å². The van der Waals surface area contributed by atoms with Crippen LogP contribution in [0.5, 0.6) is 0 Å². The molecule has 0 bridgehead atoms. The van der Waals surface area contributed by atoms with Gasteiger partial charge >= 0.3 is 29.6 Å². The molecule has 82 valence electrons. The number of alkyl halides is 1. The number of halogens is 1. The maximum absolute atomic E-state index is 11.6. The van der Waals surface area contributed by atoms with Crippen LogP contribution in [0.2, 0.25) is 0 Å². The maximum Gasteiger partial charge on any atom is 1.00 e. The molecule has 6 heteroatoms. The fraction of sp³-hybridized carbons (Fsp3) is 1.00. The van der Waals surface area contributed by atoms with Crippen LogP contribution in [-0.4, -0.2) is 27.5 Å². The van der Waals surface area contributed by atoms with Crippen molar-refractivity contribution in [2.75, 3.05) is 19.0 Å². The summed E-state index contributed by atoms with van der Waals surface area (Å²) in [6.45, 7) is 1.73. The number of hydrogen-bond donors (Lipinski definition) is 0. The molecule has 0 aliphatic heterocycles. The van der Waals surface area contributed by atoms with Gasteiger partial charge in [-0.3, -0.25) is 8.57 Å². The van der Waals surface area contributed by atoms with Gasteiger partial charge in [0.2, 0.25) is 0 Å². The molecule has 3 nitrogen and oxygen atoms in total. The summed E-state index contributed by atoms with van der Waals surface area (Å²) in [5.41, 5.74) is 0. The van der Waals surface area contributed by atoms with Crippen molar-refractivity contribution in [1.29, 1.82) is 0 Å². The molecule has 0 aromatic rings. The minimum Gasteiger partial charge on any atom is -1.00 e. The van der Waals surface area contributed by atoms with Crippen LogP contribution >= 0.6 is 0 Å². The third-order valence-corrected chi connectivity index (χ3v) is 2.85. The Morgan fingerprint density at radius 2 is 1.93 bits per heavy atom. The minimum atomic E-state index is -3.39. The van der Waals surface area contributed by atoms with Gasteiger partial charge in [0.05, 0.1) is 19.0 Å². The van der Waals surface area contributed by atoms with E-state index < -0.39 is 16.8 Å². The van der Waals surface area contributed by atoms with Gasteiger partial charge < -0.3 is 1.43 Å². The largest absolute Gasteiger partial charge is 1.00 e. The Hall–Kier alpha value is 0.840. The summed E-state index contributed by atoms with van der Waals surface area (Å²) in [7, 11) is -3.39. The van der Waals surface area contributed by atoms with Gasteiger partial charge in [-0.05, 0) is 19.3 Å². The van der Waals surface area contributed by atoms with Crippen molar-refractivity contribution in [3.8, 4) is 0 Å². The molecule has 0 atom stereocenters. The van der Waals surface area contributed by atoms with E-state index in [-0.39, 0.29) is 49.8 Å². The average Bonchev–Trinajstić information content (AvgIpc) is 2.05. The Morgan fingerprint density at radius 1 is 1.29 bits per heavy atom. The number of unbranched alkanes of at least 4 members (excludes halogenated alkanes) is 2. The Morgan fingerprint density at radius 3 is 2.43 bits per heavy atom. The van der Waals surface area contributed by atoms with E-state index in [4.69, 9.17) is 0 Å². The van der Waals surface area contributed by atoms with Gasteiger partial charge in [-0.15, -0.1) is 0 Å². The summed E-state index contributed by atoms with van der Waals surface area (Å²) in [5.74, 6) is -0.0688. The molecular weight excluding hydrogens is 218 g/mol. The zero-order chi connectivity index (χ0) is 10.2. The average molecular weight is 236 g/mol. The van der Waals surface area contributed by atoms with E-state index in [2.05, 4.69) is 4.18 Å². The predicted molar refractivity (Wildman–Crippen MR) is 51.0 cm³/mol. The fourth-order valence-electron chi connectivity index (χ4n) is 0.762. The summed E-state index contributed by atoms with van der Waals surface area (Å²) in [4.78, 5) is 0. The van der Waals surface area contributed by atoms with Crippen molar-refractivity contribution >= 4 is 10.1 Å². The van der Waals surface area contributed by atoms with Gasteiger partial charge in [-0.25, -0.2) is 0 Å². The first-order valence-electron chi connectivity index (χ1n) is 4.55. The smallest absolute Gasteiger partial charge is 1.00 e. The van der Waals surface area contributed by atoms with E-state index in [1.54, 1.807) is 0 Å². The van der Waals surface area contributed by atoms with E-state index in [0.717, 1.165) is 12.8 Å². The van der Waals surface area contributed by atoms with Gasteiger partial charge in [0, 0.05) is 0 Å². The quantitative estimate of drug-likeness (QED) is 0.308. The monoisotopic (exact) mass is 236 g/mol. The molecule has 14 heavy (non-hydrogen) atoms. The van der Waals surface area contributed by atoms with Gasteiger partial charge in [0.1, 0.15) is 0 Å². The molecule has 0 fully saturated rings. The summed E-state index contributed by atoms with van der Waals surface area (Å²) in [6, 6.07) is 0. The summed E-state index contributed by atoms with van der Waals surface area (Å²) in [6.07, 6.45) is 2.27.